The van der Waals surface area contributed by atoms with E-state index in [2.05, 4.69) is 27.0 Å². The van der Waals surface area contributed by atoms with Crippen molar-refractivity contribution in [1.29, 1.82) is 0 Å². The standard InChI is InChI=1S/C23H27N3O2S.BrH/c1-2-28-21-10-8-19(9-11-21)22-18-29-23(24-20-6-4-3-5-7-20)26(22)13-12-25-14-16-27-17-15-25;/h3-11,18H,2,12-17H2,1H3;1H/p-1. The molecule has 0 aliphatic carbocycles. The molecule has 1 aliphatic heterocycles. The molecular weight excluding hydrogens is 462 g/mol. The average Bonchev–Trinajstić information content (AvgIpc) is 3.17. The van der Waals surface area contributed by atoms with Gasteiger partial charge in [0.15, 0.2) is 4.80 Å². The summed E-state index contributed by atoms with van der Waals surface area (Å²) in [5.41, 5.74) is 3.36. The fourth-order valence-corrected chi connectivity index (χ4v) is 4.39. The highest BCUT2D eigenvalue weighted by Crippen LogP contribution is 2.24. The van der Waals surface area contributed by atoms with Crippen molar-refractivity contribution in [3.05, 3.63) is 64.8 Å². The molecule has 2 heterocycles. The summed E-state index contributed by atoms with van der Waals surface area (Å²) < 4.78 is 13.4. The molecule has 0 bridgehead atoms. The van der Waals surface area contributed by atoms with Crippen molar-refractivity contribution in [2.45, 2.75) is 13.5 Å². The number of halogens is 1. The zero-order chi connectivity index (χ0) is 19.9. The summed E-state index contributed by atoms with van der Waals surface area (Å²) in [5.74, 6) is 0.903. The number of benzene rings is 2. The summed E-state index contributed by atoms with van der Waals surface area (Å²) in [6.45, 7) is 8.20. The van der Waals surface area contributed by atoms with E-state index in [4.69, 9.17) is 14.5 Å². The first-order valence-corrected chi connectivity index (χ1v) is 11.0. The maximum absolute atomic E-state index is 5.60. The van der Waals surface area contributed by atoms with Gasteiger partial charge in [-0.15, -0.1) is 11.3 Å². The monoisotopic (exact) mass is 488 g/mol. The molecule has 160 valence electrons. The van der Waals surface area contributed by atoms with E-state index in [0.717, 1.165) is 55.6 Å². The highest BCUT2D eigenvalue weighted by atomic mass is 79.9. The molecular formula is C23H27BrN3O2S-. The molecule has 1 saturated heterocycles. The Labute approximate surface area is 192 Å². The molecule has 30 heavy (non-hydrogen) atoms. The van der Waals surface area contributed by atoms with Crippen molar-refractivity contribution >= 4 is 17.0 Å². The lowest BCUT2D eigenvalue weighted by molar-refractivity contribution is -0.00000800. The van der Waals surface area contributed by atoms with Crippen LogP contribution in [0, 0.1) is 0 Å². The Kier molecular flexibility index (Phi) is 8.69. The van der Waals surface area contributed by atoms with E-state index in [1.807, 2.05) is 49.4 Å². The molecule has 0 spiro atoms. The molecule has 7 heteroatoms. The summed E-state index contributed by atoms with van der Waals surface area (Å²) in [6.07, 6.45) is 0. The fourth-order valence-electron chi connectivity index (χ4n) is 3.43. The number of nitrogens with zero attached hydrogens (tertiary/aromatic N) is 3. The first kappa shape index (κ1) is 22.7. The van der Waals surface area contributed by atoms with Gasteiger partial charge in [-0.1, -0.05) is 18.2 Å². The van der Waals surface area contributed by atoms with E-state index in [1.165, 1.54) is 11.3 Å². The van der Waals surface area contributed by atoms with Gasteiger partial charge in [0.25, 0.3) is 0 Å². The number of ether oxygens (including phenoxy) is 2. The maximum atomic E-state index is 5.60. The minimum atomic E-state index is 0. The van der Waals surface area contributed by atoms with Crippen molar-refractivity contribution in [3.63, 3.8) is 0 Å². The summed E-state index contributed by atoms with van der Waals surface area (Å²) in [4.78, 5) is 8.39. The molecule has 0 atom stereocenters. The summed E-state index contributed by atoms with van der Waals surface area (Å²) in [5, 5.41) is 2.21. The SMILES string of the molecule is CCOc1ccc(-c2csc(=Nc3ccccc3)n2CCN2CCOCC2)cc1.[Br-]. The van der Waals surface area contributed by atoms with Crippen LogP contribution in [0.2, 0.25) is 0 Å². The van der Waals surface area contributed by atoms with Crippen LogP contribution < -0.4 is 26.5 Å². The topological polar surface area (TPSA) is 39.0 Å². The Hall–Kier alpha value is -1.93. The molecule has 0 saturated carbocycles. The third kappa shape index (κ3) is 5.82. The summed E-state index contributed by atoms with van der Waals surface area (Å²) in [6, 6.07) is 18.5. The predicted octanol–water partition coefficient (Wildman–Crippen LogP) is 1.18. The second kappa shape index (κ2) is 11.5. The van der Waals surface area contributed by atoms with Crippen LogP contribution in [0.3, 0.4) is 0 Å². The number of hydrogen-bond acceptors (Lipinski definition) is 5. The van der Waals surface area contributed by atoms with Gasteiger partial charge in [0.2, 0.25) is 0 Å². The van der Waals surface area contributed by atoms with E-state index in [9.17, 15) is 0 Å². The highest BCUT2D eigenvalue weighted by Gasteiger charge is 2.13. The van der Waals surface area contributed by atoms with Crippen LogP contribution in [0.25, 0.3) is 11.3 Å². The minimum Gasteiger partial charge on any atom is -1.00 e. The van der Waals surface area contributed by atoms with Gasteiger partial charge in [-0.05, 0) is 48.9 Å². The fraction of sp³-hybridized carbons (Fsp3) is 0.348. The van der Waals surface area contributed by atoms with E-state index in [1.54, 1.807) is 11.3 Å². The van der Waals surface area contributed by atoms with E-state index < -0.39 is 0 Å². The van der Waals surface area contributed by atoms with Gasteiger partial charge in [-0.2, -0.15) is 0 Å². The molecule has 0 amide bonds. The van der Waals surface area contributed by atoms with E-state index in [0.29, 0.717) is 6.61 Å². The third-order valence-electron chi connectivity index (χ3n) is 4.98. The van der Waals surface area contributed by atoms with Crippen LogP contribution >= 0.6 is 11.3 Å². The zero-order valence-corrected chi connectivity index (χ0v) is 19.6. The van der Waals surface area contributed by atoms with E-state index >= 15 is 0 Å². The van der Waals surface area contributed by atoms with Crippen LogP contribution in [0.4, 0.5) is 5.69 Å². The van der Waals surface area contributed by atoms with Crippen molar-refractivity contribution in [2.75, 3.05) is 39.5 Å². The largest absolute Gasteiger partial charge is 1.00 e. The summed E-state index contributed by atoms with van der Waals surface area (Å²) in [7, 11) is 0. The van der Waals surface area contributed by atoms with Crippen molar-refractivity contribution < 1.29 is 26.5 Å². The first-order chi connectivity index (χ1) is 14.3. The quantitative estimate of drug-likeness (QED) is 0.501. The molecule has 0 radical (unpaired) electrons. The van der Waals surface area contributed by atoms with Crippen LogP contribution in [0.15, 0.2) is 65.0 Å². The molecule has 1 aliphatic rings. The van der Waals surface area contributed by atoms with Gasteiger partial charge in [0, 0.05) is 31.6 Å². The van der Waals surface area contributed by atoms with Crippen LogP contribution in [-0.4, -0.2) is 48.9 Å². The number of thiazole rings is 1. The predicted molar refractivity (Wildman–Crippen MR) is 118 cm³/mol. The second-order valence-corrected chi connectivity index (χ2v) is 7.75. The third-order valence-corrected chi connectivity index (χ3v) is 5.85. The minimum absolute atomic E-state index is 0. The Morgan fingerprint density at radius 1 is 1.00 bits per heavy atom. The van der Waals surface area contributed by atoms with Gasteiger partial charge in [0.1, 0.15) is 5.75 Å². The van der Waals surface area contributed by atoms with Gasteiger partial charge in [-0.25, -0.2) is 4.99 Å². The first-order valence-electron chi connectivity index (χ1n) is 10.1. The van der Waals surface area contributed by atoms with Gasteiger partial charge in [0.05, 0.1) is 31.2 Å². The normalized spacial score (nSPS) is 15.0. The Morgan fingerprint density at radius 3 is 2.43 bits per heavy atom. The second-order valence-electron chi connectivity index (χ2n) is 6.91. The van der Waals surface area contributed by atoms with Crippen LogP contribution in [0.5, 0.6) is 5.75 Å². The highest BCUT2D eigenvalue weighted by molar-refractivity contribution is 7.07. The Morgan fingerprint density at radius 2 is 1.73 bits per heavy atom. The zero-order valence-electron chi connectivity index (χ0n) is 17.2. The van der Waals surface area contributed by atoms with Gasteiger partial charge >= 0.3 is 0 Å². The molecule has 1 fully saturated rings. The van der Waals surface area contributed by atoms with Gasteiger partial charge in [-0.3, -0.25) is 4.90 Å². The number of aromatic nitrogens is 1. The lowest BCUT2D eigenvalue weighted by Crippen LogP contribution is -3.00. The molecule has 0 unspecified atom stereocenters. The van der Waals surface area contributed by atoms with Crippen molar-refractivity contribution in [1.82, 2.24) is 9.47 Å². The van der Waals surface area contributed by atoms with Gasteiger partial charge < -0.3 is 31.0 Å². The van der Waals surface area contributed by atoms with Crippen LogP contribution in [-0.2, 0) is 11.3 Å². The number of para-hydroxylation sites is 1. The lowest BCUT2D eigenvalue weighted by Gasteiger charge is -2.26. The smallest absolute Gasteiger partial charge is 0.190 e. The number of rotatable bonds is 7. The Balaban J connectivity index is 0.00000256. The van der Waals surface area contributed by atoms with Crippen LogP contribution in [0.1, 0.15) is 6.92 Å². The molecule has 0 N–H and O–H groups in total. The molecule has 4 rings (SSSR count). The number of hydrogen-bond donors (Lipinski definition) is 0. The molecule has 1 aromatic heterocycles. The van der Waals surface area contributed by atoms with Crippen molar-refractivity contribution in [2.24, 2.45) is 4.99 Å². The average molecular weight is 489 g/mol. The lowest BCUT2D eigenvalue weighted by atomic mass is 10.1. The Bertz CT molecular complexity index is 964. The summed E-state index contributed by atoms with van der Waals surface area (Å²) >= 11 is 1.69. The maximum Gasteiger partial charge on any atom is 0.190 e. The molecule has 3 aromatic rings. The molecule has 2 aromatic carbocycles. The molecule has 5 nitrogen and oxygen atoms in total. The van der Waals surface area contributed by atoms with Crippen molar-refractivity contribution in [3.8, 4) is 17.0 Å². The van der Waals surface area contributed by atoms with E-state index in [-0.39, 0.29) is 17.0 Å². The number of morpholine rings is 1.